The molecule has 0 saturated carbocycles. The molecule has 0 amide bonds. The highest BCUT2D eigenvalue weighted by molar-refractivity contribution is 5.45. The van der Waals surface area contributed by atoms with Crippen LogP contribution in [0.25, 0.3) is 0 Å². The molecular formula is C16H27N. The largest absolute Gasteiger partial charge is 0.324 e. The fraction of sp³-hybridized carbons (Fsp3) is 0.625. The van der Waals surface area contributed by atoms with E-state index in [4.69, 9.17) is 5.73 Å². The third kappa shape index (κ3) is 2.90. The van der Waals surface area contributed by atoms with Crippen molar-refractivity contribution in [3.8, 4) is 0 Å². The predicted octanol–water partition coefficient (Wildman–Crippen LogP) is 4.36. The third-order valence-corrected chi connectivity index (χ3v) is 4.11. The lowest BCUT2D eigenvalue weighted by molar-refractivity contribution is 0.431. The van der Waals surface area contributed by atoms with Gasteiger partial charge in [0.15, 0.2) is 0 Å². The summed E-state index contributed by atoms with van der Waals surface area (Å²) >= 11 is 0. The molecule has 0 aliphatic heterocycles. The van der Waals surface area contributed by atoms with Crippen LogP contribution >= 0.6 is 0 Å². The molecule has 0 heterocycles. The molecule has 1 nitrogen and oxygen atoms in total. The van der Waals surface area contributed by atoms with Crippen LogP contribution in [0.4, 0.5) is 0 Å². The first-order valence-electron chi connectivity index (χ1n) is 6.73. The molecule has 2 unspecified atom stereocenters. The van der Waals surface area contributed by atoms with E-state index in [0.29, 0.717) is 5.92 Å². The maximum absolute atomic E-state index is 6.46. The fourth-order valence-corrected chi connectivity index (χ4v) is 2.67. The van der Waals surface area contributed by atoms with Crippen LogP contribution in [0, 0.1) is 33.6 Å². The summed E-state index contributed by atoms with van der Waals surface area (Å²) in [6, 6.07) is 2.44. The number of nitrogens with two attached hydrogens (primary N) is 1. The van der Waals surface area contributed by atoms with Gasteiger partial charge in [0.25, 0.3) is 0 Å². The number of hydrogen-bond donors (Lipinski definition) is 1. The van der Waals surface area contributed by atoms with E-state index in [1.165, 1.54) is 40.7 Å². The monoisotopic (exact) mass is 233 g/mol. The summed E-state index contributed by atoms with van der Waals surface area (Å²) in [7, 11) is 0. The van der Waals surface area contributed by atoms with E-state index in [0.717, 1.165) is 0 Å². The van der Waals surface area contributed by atoms with Crippen molar-refractivity contribution in [2.45, 2.75) is 60.4 Å². The second kappa shape index (κ2) is 5.68. The van der Waals surface area contributed by atoms with Crippen molar-refractivity contribution in [3.63, 3.8) is 0 Å². The van der Waals surface area contributed by atoms with Gasteiger partial charge in [0.05, 0.1) is 0 Å². The lowest BCUT2D eigenvalue weighted by atomic mass is 9.84. The van der Waals surface area contributed by atoms with Gasteiger partial charge in [0, 0.05) is 6.04 Å². The lowest BCUT2D eigenvalue weighted by Gasteiger charge is -2.25. The highest BCUT2D eigenvalue weighted by atomic mass is 14.7. The van der Waals surface area contributed by atoms with Gasteiger partial charge in [0.2, 0.25) is 0 Å². The van der Waals surface area contributed by atoms with Gasteiger partial charge in [0.1, 0.15) is 0 Å². The van der Waals surface area contributed by atoms with Crippen LogP contribution in [0.5, 0.6) is 0 Å². The maximum atomic E-state index is 6.46. The van der Waals surface area contributed by atoms with Crippen LogP contribution in [0.1, 0.15) is 60.5 Å². The molecule has 2 atom stereocenters. The van der Waals surface area contributed by atoms with Gasteiger partial charge < -0.3 is 5.73 Å². The summed E-state index contributed by atoms with van der Waals surface area (Å²) in [5.74, 6) is 0.554. The van der Waals surface area contributed by atoms with Gasteiger partial charge in [-0.1, -0.05) is 26.3 Å². The minimum atomic E-state index is 0.175. The van der Waals surface area contributed by atoms with Crippen molar-refractivity contribution in [2.24, 2.45) is 11.7 Å². The van der Waals surface area contributed by atoms with Crippen molar-refractivity contribution < 1.29 is 0 Å². The van der Waals surface area contributed by atoms with Crippen molar-refractivity contribution >= 4 is 0 Å². The van der Waals surface area contributed by atoms with Crippen molar-refractivity contribution in [3.05, 3.63) is 33.9 Å². The molecule has 1 aromatic rings. The zero-order chi connectivity index (χ0) is 13.2. The topological polar surface area (TPSA) is 26.0 Å². The van der Waals surface area contributed by atoms with Gasteiger partial charge in [-0.05, 0) is 67.9 Å². The van der Waals surface area contributed by atoms with Gasteiger partial charge >= 0.3 is 0 Å². The van der Waals surface area contributed by atoms with Crippen LogP contribution in [0.15, 0.2) is 6.07 Å². The van der Waals surface area contributed by atoms with Crippen molar-refractivity contribution in [1.29, 1.82) is 0 Å². The first kappa shape index (κ1) is 14.2. The first-order chi connectivity index (χ1) is 7.90. The van der Waals surface area contributed by atoms with E-state index in [1.807, 2.05) is 0 Å². The number of hydrogen-bond acceptors (Lipinski definition) is 1. The maximum Gasteiger partial charge on any atom is 0.0326 e. The summed E-state index contributed by atoms with van der Waals surface area (Å²) in [5.41, 5.74) is 13.3. The number of benzene rings is 1. The zero-order valence-electron chi connectivity index (χ0n) is 12.2. The van der Waals surface area contributed by atoms with Crippen LogP contribution in [-0.2, 0) is 0 Å². The normalized spacial score (nSPS) is 14.8. The van der Waals surface area contributed by atoms with Crippen molar-refractivity contribution in [1.82, 2.24) is 0 Å². The van der Waals surface area contributed by atoms with Crippen LogP contribution in [0.2, 0.25) is 0 Å². The van der Waals surface area contributed by atoms with Gasteiger partial charge in [-0.2, -0.15) is 0 Å². The first-order valence-corrected chi connectivity index (χ1v) is 6.73. The summed E-state index contributed by atoms with van der Waals surface area (Å²) in [6.45, 7) is 13.3. The highest BCUT2D eigenvalue weighted by Gasteiger charge is 2.19. The molecular weight excluding hydrogens is 206 g/mol. The van der Waals surface area contributed by atoms with Crippen LogP contribution in [-0.4, -0.2) is 0 Å². The molecule has 1 heteroatoms. The molecule has 2 N–H and O–H groups in total. The second-order valence-corrected chi connectivity index (χ2v) is 5.47. The molecule has 0 radical (unpaired) electrons. The third-order valence-electron chi connectivity index (χ3n) is 4.11. The molecule has 0 aliphatic carbocycles. The molecule has 0 aromatic heterocycles. The zero-order valence-corrected chi connectivity index (χ0v) is 12.2. The standard InChI is InChI=1S/C16H27N/c1-7-8-10(2)16(17)15-13(5)11(3)9-12(4)14(15)6/h9-10,16H,7-8,17H2,1-6H3. The molecule has 96 valence electrons. The molecule has 0 aliphatic rings. The summed E-state index contributed by atoms with van der Waals surface area (Å²) < 4.78 is 0. The van der Waals surface area contributed by atoms with E-state index in [-0.39, 0.29) is 6.04 Å². The molecule has 1 aromatic carbocycles. The van der Waals surface area contributed by atoms with Crippen molar-refractivity contribution in [2.75, 3.05) is 0 Å². The summed E-state index contributed by atoms with van der Waals surface area (Å²) in [6.07, 6.45) is 2.41. The molecule has 0 fully saturated rings. The molecule has 0 saturated heterocycles. The van der Waals surface area contributed by atoms with Gasteiger partial charge in [-0.25, -0.2) is 0 Å². The SMILES string of the molecule is CCCC(C)C(N)c1c(C)c(C)cc(C)c1C. The van der Waals surface area contributed by atoms with E-state index in [9.17, 15) is 0 Å². The number of rotatable bonds is 4. The van der Waals surface area contributed by atoms with E-state index in [1.54, 1.807) is 0 Å². The van der Waals surface area contributed by atoms with E-state index >= 15 is 0 Å². The Morgan fingerprint density at radius 2 is 1.53 bits per heavy atom. The molecule has 17 heavy (non-hydrogen) atoms. The Morgan fingerprint density at radius 1 is 1.06 bits per heavy atom. The second-order valence-electron chi connectivity index (χ2n) is 5.47. The number of aryl methyl sites for hydroxylation is 2. The Hall–Kier alpha value is -0.820. The van der Waals surface area contributed by atoms with Gasteiger partial charge in [-0.3, -0.25) is 0 Å². The highest BCUT2D eigenvalue weighted by Crippen LogP contribution is 2.31. The lowest BCUT2D eigenvalue weighted by Crippen LogP contribution is -2.22. The Morgan fingerprint density at radius 3 is 1.94 bits per heavy atom. The predicted molar refractivity (Wildman–Crippen MR) is 76.4 cm³/mol. The van der Waals surface area contributed by atoms with E-state index < -0.39 is 0 Å². The molecule has 0 bridgehead atoms. The molecule has 1 rings (SSSR count). The average molecular weight is 233 g/mol. The quantitative estimate of drug-likeness (QED) is 0.821. The Bertz CT molecular complexity index is 367. The molecule has 0 spiro atoms. The smallest absolute Gasteiger partial charge is 0.0326 e. The fourth-order valence-electron chi connectivity index (χ4n) is 2.67. The van der Waals surface area contributed by atoms with Crippen LogP contribution in [0.3, 0.4) is 0 Å². The minimum absolute atomic E-state index is 0.175. The Kier molecular flexibility index (Phi) is 4.76. The Labute approximate surface area is 106 Å². The van der Waals surface area contributed by atoms with Gasteiger partial charge in [-0.15, -0.1) is 0 Å². The summed E-state index contributed by atoms with van der Waals surface area (Å²) in [5, 5.41) is 0. The minimum Gasteiger partial charge on any atom is -0.324 e. The summed E-state index contributed by atoms with van der Waals surface area (Å²) in [4.78, 5) is 0. The average Bonchev–Trinajstić information content (AvgIpc) is 2.27. The van der Waals surface area contributed by atoms with E-state index in [2.05, 4.69) is 47.6 Å². The van der Waals surface area contributed by atoms with Crippen LogP contribution < -0.4 is 5.73 Å². The Balaban J connectivity index is 3.20.